The second-order valence-corrected chi connectivity index (χ2v) is 10.2. The molecule has 0 bridgehead atoms. The molecule has 2 atom stereocenters. The zero-order chi connectivity index (χ0) is 21.5. The number of hydrogen-bond acceptors (Lipinski definition) is 3. The van der Waals surface area contributed by atoms with Crippen LogP contribution in [0.5, 0.6) is 0 Å². The minimum absolute atomic E-state index is 0.139. The van der Waals surface area contributed by atoms with Crippen LogP contribution in [0.15, 0.2) is 48.5 Å². The standard InChI is InChI=1S/C24H28Cl2N2O2/c1-24(2,3)30-23(29)28-14-18-12-27(13-19(18)15-28)22(16-4-8-20(25)9-5-16)17-6-10-21(26)11-7-17/h4-11,18-19,22H,12-15H2,1-3H3. The summed E-state index contributed by atoms with van der Waals surface area (Å²) < 4.78 is 5.57. The van der Waals surface area contributed by atoms with Gasteiger partial charge < -0.3 is 9.64 Å². The van der Waals surface area contributed by atoms with Crippen molar-refractivity contribution in [1.82, 2.24) is 9.80 Å². The van der Waals surface area contributed by atoms with E-state index in [4.69, 9.17) is 27.9 Å². The lowest BCUT2D eigenvalue weighted by Gasteiger charge is -2.31. The molecule has 2 aromatic carbocycles. The Bertz CT molecular complexity index is 833. The first-order chi connectivity index (χ1) is 14.2. The van der Waals surface area contributed by atoms with Gasteiger partial charge in [0.15, 0.2) is 0 Å². The van der Waals surface area contributed by atoms with Crippen molar-refractivity contribution in [3.8, 4) is 0 Å². The molecular weight excluding hydrogens is 419 g/mol. The Morgan fingerprint density at radius 2 is 1.30 bits per heavy atom. The number of halogens is 2. The van der Waals surface area contributed by atoms with Crippen LogP contribution in [0.4, 0.5) is 4.79 Å². The van der Waals surface area contributed by atoms with Crippen molar-refractivity contribution in [1.29, 1.82) is 0 Å². The molecule has 4 nitrogen and oxygen atoms in total. The molecule has 2 heterocycles. The number of nitrogens with zero attached hydrogens (tertiary/aromatic N) is 2. The van der Waals surface area contributed by atoms with E-state index in [0.717, 1.165) is 36.2 Å². The van der Waals surface area contributed by atoms with Crippen molar-refractivity contribution in [2.24, 2.45) is 11.8 Å². The summed E-state index contributed by atoms with van der Waals surface area (Å²) >= 11 is 12.3. The third kappa shape index (κ3) is 4.77. The summed E-state index contributed by atoms with van der Waals surface area (Å²) in [5.74, 6) is 0.916. The molecule has 2 aromatic rings. The van der Waals surface area contributed by atoms with Crippen molar-refractivity contribution in [2.75, 3.05) is 26.2 Å². The van der Waals surface area contributed by atoms with Gasteiger partial charge in [-0.05, 0) is 68.0 Å². The highest BCUT2D eigenvalue weighted by atomic mass is 35.5. The fourth-order valence-corrected chi connectivity index (χ4v) is 4.87. The van der Waals surface area contributed by atoms with Crippen molar-refractivity contribution in [2.45, 2.75) is 32.4 Å². The van der Waals surface area contributed by atoms with Gasteiger partial charge in [0.05, 0.1) is 6.04 Å². The molecule has 6 heteroatoms. The zero-order valence-electron chi connectivity index (χ0n) is 17.6. The Labute approximate surface area is 188 Å². The smallest absolute Gasteiger partial charge is 0.410 e. The number of hydrogen-bond donors (Lipinski definition) is 0. The molecule has 2 aliphatic heterocycles. The number of amides is 1. The molecule has 2 unspecified atom stereocenters. The summed E-state index contributed by atoms with van der Waals surface area (Å²) in [5.41, 5.74) is 1.96. The van der Waals surface area contributed by atoms with E-state index in [1.54, 1.807) is 0 Å². The predicted octanol–water partition coefficient (Wildman–Crippen LogP) is 5.88. The van der Waals surface area contributed by atoms with Crippen LogP contribution in [0.25, 0.3) is 0 Å². The van der Waals surface area contributed by atoms with Crippen LogP contribution >= 0.6 is 23.2 Å². The lowest BCUT2D eigenvalue weighted by atomic mass is 9.97. The van der Waals surface area contributed by atoms with E-state index in [1.807, 2.05) is 49.9 Å². The molecule has 0 N–H and O–H groups in total. The van der Waals surface area contributed by atoms with E-state index in [0.29, 0.717) is 11.8 Å². The van der Waals surface area contributed by atoms with Crippen LogP contribution < -0.4 is 0 Å². The minimum atomic E-state index is -0.463. The van der Waals surface area contributed by atoms with Gasteiger partial charge in [-0.3, -0.25) is 4.90 Å². The number of ether oxygens (including phenoxy) is 1. The van der Waals surface area contributed by atoms with Crippen molar-refractivity contribution >= 4 is 29.3 Å². The van der Waals surface area contributed by atoms with Gasteiger partial charge in [0, 0.05) is 36.2 Å². The van der Waals surface area contributed by atoms with Gasteiger partial charge >= 0.3 is 6.09 Å². The maximum absolute atomic E-state index is 12.5. The SMILES string of the molecule is CC(C)(C)OC(=O)N1CC2CN(C(c3ccc(Cl)cc3)c3ccc(Cl)cc3)CC2C1. The Kier molecular flexibility index (Phi) is 6.02. The summed E-state index contributed by atoms with van der Waals surface area (Å²) in [6, 6.07) is 16.3. The average molecular weight is 447 g/mol. The molecule has 2 aliphatic rings. The fraction of sp³-hybridized carbons (Fsp3) is 0.458. The van der Waals surface area contributed by atoms with Crippen LogP contribution in [0.3, 0.4) is 0 Å². The number of rotatable bonds is 3. The first kappa shape index (κ1) is 21.5. The predicted molar refractivity (Wildman–Crippen MR) is 121 cm³/mol. The lowest BCUT2D eigenvalue weighted by molar-refractivity contribution is 0.0272. The van der Waals surface area contributed by atoms with Crippen LogP contribution in [-0.2, 0) is 4.74 Å². The normalized spacial score (nSPS) is 21.9. The Morgan fingerprint density at radius 3 is 1.70 bits per heavy atom. The fourth-order valence-electron chi connectivity index (χ4n) is 4.62. The first-order valence-electron chi connectivity index (χ1n) is 10.4. The second kappa shape index (κ2) is 8.41. The monoisotopic (exact) mass is 446 g/mol. The summed E-state index contributed by atoms with van der Waals surface area (Å²) in [4.78, 5) is 16.9. The number of fused-ring (bicyclic) bond motifs is 1. The molecule has 0 aliphatic carbocycles. The number of carbonyl (C=O) groups is 1. The number of benzene rings is 2. The van der Waals surface area contributed by atoms with E-state index < -0.39 is 5.60 Å². The van der Waals surface area contributed by atoms with Crippen LogP contribution in [0.2, 0.25) is 10.0 Å². The van der Waals surface area contributed by atoms with Crippen LogP contribution in [0.1, 0.15) is 37.9 Å². The van der Waals surface area contributed by atoms with Crippen LogP contribution in [0, 0.1) is 11.8 Å². The first-order valence-corrected chi connectivity index (χ1v) is 11.2. The van der Waals surface area contributed by atoms with Gasteiger partial charge in [0.25, 0.3) is 0 Å². The molecule has 2 fully saturated rings. The van der Waals surface area contributed by atoms with Gasteiger partial charge in [-0.25, -0.2) is 4.79 Å². The average Bonchev–Trinajstić information content (AvgIpc) is 3.23. The molecule has 0 radical (unpaired) electrons. The molecule has 0 aromatic heterocycles. The van der Waals surface area contributed by atoms with E-state index in [9.17, 15) is 4.79 Å². The van der Waals surface area contributed by atoms with Crippen LogP contribution in [-0.4, -0.2) is 47.7 Å². The number of carbonyl (C=O) groups excluding carboxylic acids is 1. The highest BCUT2D eigenvalue weighted by Gasteiger charge is 2.44. The van der Waals surface area contributed by atoms with Crippen molar-refractivity contribution < 1.29 is 9.53 Å². The molecular formula is C24H28Cl2N2O2. The quantitative estimate of drug-likeness (QED) is 0.589. The zero-order valence-corrected chi connectivity index (χ0v) is 19.2. The highest BCUT2D eigenvalue weighted by molar-refractivity contribution is 6.30. The highest BCUT2D eigenvalue weighted by Crippen LogP contribution is 2.39. The molecule has 4 rings (SSSR count). The third-order valence-electron chi connectivity index (χ3n) is 5.90. The molecule has 2 saturated heterocycles. The number of likely N-dealkylation sites (tertiary alicyclic amines) is 2. The maximum Gasteiger partial charge on any atom is 0.410 e. The van der Waals surface area contributed by atoms with Crippen molar-refractivity contribution in [3.63, 3.8) is 0 Å². The largest absolute Gasteiger partial charge is 0.444 e. The molecule has 160 valence electrons. The molecule has 1 amide bonds. The summed E-state index contributed by atoms with van der Waals surface area (Å²) in [5, 5.41) is 1.47. The topological polar surface area (TPSA) is 32.8 Å². The van der Waals surface area contributed by atoms with Gasteiger partial charge in [-0.1, -0.05) is 47.5 Å². The second-order valence-electron chi connectivity index (χ2n) is 9.37. The third-order valence-corrected chi connectivity index (χ3v) is 6.41. The van der Waals surface area contributed by atoms with E-state index in [-0.39, 0.29) is 12.1 Å². The minimum Gasteiger partial charge on any atom is -0.444 e. The molecule has 0 saturated carbocycles. The van der Waals surface area contributed by atoms with E-state index >= 15 is 0 Å². The van der Waals surface area contributed by atoms with Gasteiger partial charge in [0.1, 0.15) is 5.60 Å². The van der Waals surface area contributed by atoms with Gasteiger partial charge in [-0.15, -0.1) is 0 Å². The Balaban J connectivity index is 1.51. The lowest BCUT2D eigenvalue weighted by Crippen LogP contribution is -2.38. The van der Waals surface area contributed by atoms with Gasteiger partial charge in [-0.2, -0.15) is 0 Å². The summed E-state index contributed by atoms with van der Waals surface area (Å²) in [6.45, 7) is 9.12. The molecule has 30 heavy (non-hydrogen) atoms. The van der Waals surface area contributed by atoms with Gasteiger partial charge in [0.2, 0.25) is 0 Å². The van der Waals surface area contributed by atoms with Crippen molar-refractivity contribution in [3.05, 3.63) is 69.7 Å². The summed E-state index contributed by atoms with van der Waals surface area (Å²) in [6.07, 6.45) is -0.199. The van der Waals surface area contributed by atoms with E-state index in [2.05, 4.69) is 29.2 Å². The summed E-state index contributed by atoms with van der Waals surface area (Å²) in [7, 11) is 0. The molecule has 0 spiro atoms. The Hall–Kier alpha value is -1.75. The Morgan fingerprint density at radius 1 is 0.867 bits per heavy atom. The van der Waals surface area contributed by atoms with E-state index in [1.165, 1.54) is 11.1 Å². The maximum atomic E-state index is 12.5.